The molecule has 6 aromatic rings. The molecule has 0 unspecified atom stereocenters. The summed E-state index contributed by atoms with van der Waals surface area (Å²) in [6.45, 7) is 3.06. The Bertz CT molecular complexity index is 1880. The van der Waals surface area contributed by atoms with Crippen molar-refractivity contribution < 1.29 is 18.6 Å². The van der Waals surface area contributed by atoms with E-state index in [1.165, 1.54) is 5.56 Å². The minimum Gasteiger partial charge on any atom is -0.369 e. The van der Waals surface area contributed by atoms with Crippen molar-refractivity contribution in [2.24, 2.45) is 0 Å². The van der Waals surface area contributed by atoms with Crippen molar-refractivity contribution in [3.05, 3.63) is 118 Å². The maximum Gasteiger partial charge on any atom is 0.260 e. The van der Waals surface area contributed by atoms with Crippen LogP contribution in [0.25, 0.3) is 21.8 Å². The van der Waals surface area contributed by atoms with E-state index in [9.17, 15) is 4.79 Å². The molecular weight excluding hydrogens is 613 g/mol. The molecule has 237 valence electrons. The van der Waals surface area contributed by atoms with Crippen molar-refractivity contribution in [3.63, 3.8) is 0 Å². The van der Waals surface area contributed by atoms with Crippen LogP contribution in [-0.4, -0.2) is 36.4 Å². The molecule has 0 aliphatic rings. The van der Waals surface area contributed by atoms with Gasteiger partial charge in [0.1, 0.15) is 5.82 Å². The Labute approximate surface area is 281 Å². The first kappa shape index (κ1) is 35.7. The summed E-state index contributed by atoms with van der Waals surface area (Å²) in [5.74, 6) is 1.29. The number of benzene rings is 2. The van der Waals surface area contributed by atoms with Crippen molar-refractivity contribution in [1.29, 1.82) is 0 Å². The molecule has 0 aliphatic carbocycles. The molecule has 46 heavy (non-hydrogen) atoms. The Hall–Kier alpha value is -4.80. The van der Waals surface area contributed by atoms with Gasteiger partial charge in [0, 0.05) is 54.3 Å². The number of fused-ring (bicyclic) bond motifs is 2. The Balaban J connectivity index is 0.000000243. The number of anilines is 3. The second kappa shape index (κ2) is 17.6. The van der Waals surface area contributed by atoms with E-state index >= 15 is 0 Å². The Morgan fingerprint density at radius 3 is 1.87 bits per heavy atom. The molecule has 10 nitrogen and oxygen atoms in total. The van der Waals surface area contributed by atoms with Crippen molar-refractivity contribution in [2.45, 2.75) is 52.9 Å². The molecule has 1 radical (unpaired) electrons. The molecule has 0 amide bonds. The normalized spacial score (nSPS) is 10.4. The predicted octanol–water partition coefficient (Wildman–Crippen LogP) is 5.92. The number of nitrogens with one attached hydrogen (secondary N) is 2. The van der Waals surface area contributed by atoms with Crippen LogP contribution in [0.5, 0.6) is 0 Å². The predicted molar refractivity (Wildman–Crippen MR) is 184 cm³/mol. The van der Waals surface area contributed by atoms with Crippen molar-refractivity contribution in [3.8, 4) is 0 Å². The number of pyridine rings is 2. The molecule has 4 heterocycles. The standard InChI is InChI=1S/C19H23N5.C15H14N4O.CH4.V/c1-2-3-12-22-18-17-14(10-11-15-8-4-5-13-21-15)7-6-9-16(17)23-19(20)24-18;16-15-18-12-6-3-4-10(13(12)14(20)19-15)7-8-11-5-1-2-9-17-11;;/h4-9,13H,2-3,10-12H2,1H3,(H3,20,22,23,24);1-6,9H,7-8H2,(H3,16,18,19,20);1H4;. The van der Waals surface area contributed by atoms with Gasteiger partial charge in [-0.3, -0.25) is 19.7 Å². The van der Waals surface area contributed by atoms with E-state index in [1.807, 2.05) is 60.8 Å². The number of hydrogen-bond acceptors (Lipinski definition) is 9. The summed E-state index contributed by atoms with van der Waals surface area (Å²) >= 11 is 0. The number of nitrogen functional groups attached to an aromatic ring is 2. The zero-order valence-electron chi connectivity index (χ0n) is 25.3. The number of hydrogen-bond donors (Lipinski definition) is 4. The van der Waals surface area contributed by atoms with Gasteiger partial charge in [0.25, 0.3) is 5.56 Å². The zero-order valence-corrected chi connectivity index (χ0v) is 26.7. The van der Waals surface area contributed by atoms with Crippen LogP contribution in [0.4, 0.5) is 17.7 Å². The van der Waals surface area contributed by atoms with Gasteiger partial charge in [-0.25, -0.2) is 9.97 Å². The molecule has 0 saturated carbocycles. The average molecular weight is 655 g/mol. The van der Waals surface area contributed by atoms with E-state index in [4.69, 9.17) is 11.5 Å². The Kier molecular flexibility index (Phi) is 13.7. The third-order valence-electron chi connectivity index (χ3n) is 7.24. The molecule has 0 fully saturated rings. The number of nitrogens with zero attached hydrogens (tertiary/aromatic N) is 5. The molecule has 0 saturated heterocycles. The van der Waals surface area contributed by atoms with Crippen LogP contribution in [0.15, 0.2) is 90.0 Å². The van der Waals surface area contributed by atoms with Gasteiger partial charge in [0.05, 0.1) is 16.4 Å². The van der Waals surface area contributed by atoms with Gasteiger partial charge in [0.2, 0.25) is 11.9 Å². The minimum absolute atomic E-state index is 0. The molecule has 2 aromatic carbocycles. The molecule has 0 aliphatic heterocycles. The van der Waals surface area contributed by atoms with E-state index in [-0.39, 0.29) is 37.5 Å². The summed E-state index contributed by atoms with van der Waals surface area (Å²) in [6, 6.07) is 23.6. The zero-order chi connectivity index (χ0) is 30.7. The third kappa shape index (κ3) is 9.36. The van der Waals surface area contributed by atoms with E-state index in [1.54, 1.807) is 12.3 Å². The molecule has 4 aromatic heterocycles. The first-order valence-corrected chi connectivity index (χ1v) is 14.9. The number of nitrogens with two attached hydrogens (primary N) is 2. The fraction of sp³-hybridized carbons (Fsp3) is 0.257. The summed E-state index contributed by atoms with van der Waals surface area (Å²) in [7, 11) is 0. The summed E-state index contributed by atoms with van der Waals surface area (Å²) in [4.78, 5) is 36.3. The van der Waals surface area contributed by atoms with Gasteiger partial charge in [-0.1, -0.05) is 57.2 Å². The summed E-state index contributed by atoms with van der Waals surface area (Å²) in [5.41, 5.74) is 17.0. The van der Waals surface area contributed by atoms with Crippen LogP contribution >= 0.6 is 0 Å². The maximum absolute atomic E-state index is 12.0. The smallest absolute Gasteiger partial charge is 0.260 e. The van der Waals surface area contributed by atoms with Crippen molar-refractivity contribution in [2.75, 3.05) is 23.3 Å². The van der Waals surface area contributed by atoms with Gasteiger partial charge < -0.3 is 16.8 Å². The average Bonchev–Trinajstić information content (AvgIpc) is 3.03. The van der Waals surface area contributed by atoms with Crippen LogP contribution in [0.3, 0.4) is 0 Å². The second-order valence-electron chi connectivity index (χ2n) is 10.4. The molecule has 11 heteroatoms. The minimum atomic E-state index is -0.191. The van der Waals surface area contributed by atoms with E-state index in [0.717, 1.165) is 78.7 Å². The first-order valence-electron chi connectivity index (χ1n) is 14.9. The second-order valence-corrected chi connectivity index (χ2v) is 10.4. The van der Waals surface area contributed by atoms with Crippen LogP contribution < -0.4 is 22.3 Å². The van der Waals surface area contributed by atoms with Crippen LogP contribution in [0.1, 0.15) is 49.7 Å². The Morgan fingerprint density at radius 2 is 1.30 bits per heavy atom. The van der Waals surface area contributed by atoms with Crippen LogP contribution in [0, 0.1) is 0 Å². The number of H-pyrrole nitrogens is 1. The summed E-state index contributed by atoms with van der Waals surface area (Å²) in [5, 5.41) is 5.10. The van der Waals surface area contributed by atoms with Crippen LogP contribution in [-0.2, 0) is 44.2 Å². The number of aryl methyl sites for hydroxylation is 4. The molecule has 0 bridgehead atoms. The molecule has 6 N–H and O–H groups in total. The van der Waals surface area contributed by atoms with Gasteiger partial charge in [-0.2, -0.15) is 4.98 Å². The van der Waals surface area contributed by atoms with Gasteiger partial charge in [-0.15, -0.1) is 0 Å². The number of aromatic nitrogens is 6. The van der Waals surface area contributed by atoms with Gasteiger partial charge in [-0.05, 0) is 79.6 Å². The van der Waals surface area contributed by atoms with Gasteiger partial charge in [0.15, 0.2) is 0 Å². The first-order chi connectivity index (χ1) is 21.5. The fourth-order valence-corrected chi connectivity index (χ4v) is 5.10. The van der Waals surface area contributed by atoms with Crippen molar-refractivity contribution >= 4 is 39.5 Å². The maximum atomic E-state index is 12.0. The van der Waals surface area contributed by atoms with E-state index < -0.39 is 0 Å². The largest absolute Gasteiger partial charge is 0.369 e. The molecule has 6 rings (SSSR count). The van der Waals surface area contributed by atoms with Crippen molar-refractivity contribution in [1.82, 2.24) is 29.9 Å². The Morgan fingerprint density at radius 1 is 0.717 bits per heavy atom. The molecular formula is C35H41N9OV. The fourth-order valence-electron chi connectivity index (χ4n) is 5.10. The monoisotopic (exact) mass is 654 g/mol. The quantitative estimate of drug-likeness (QED) is 0.131. The summed E-state index contributed by atoms with van der Waals surface area (Å²) < 4.78 is 0. The third-order valence-corrected chi connectivity index (χ3v) is 7.24. The number of aromatic amines is 1. The van der Waals surface area contributed by atoms with E-state index in [2.05, 4.69) is 54.3 Å². The topological polar surface area (TPSA) is 161 Å². The molecule has 0 atom stereocenters. The van der Waals surface area contributed by atoms with E-state index in [0.29, 0.717) is 16.9 Å². The van der Waals surface area contributed by atoms with Crippen LogP contribution in [0.2, 0.25) is 0 Å². The number of rotatable bonds is 10. The summed E-state index contributed by atoms with van der Waals surface area (Å²) in [6.07, 6.45) is 9.14. The number of unbranched alkanes of at least 4 members (excludes halogenated alkanes) is 1. The SMILES string of the molecule is C.CCCCNc1nc(N)nc2cccc(CCc3ccccn3)c12.Nc1nc2cccc(CCc3ccccn3)c2c(=O)[nH]1.[V]. The molecule has 0 spiro atoms. The van der Waals surface area contributed by atoms with Gasteiger partial charge >= 0.3 is 0 Å².